The Morgan fingerprint density at radius 1 is 0.290 bits per heavy atom. The number of rotatable bonds is 4. The van der Waals surface area contributed by atoms with Crippen LogP contribution in [0.25, 0.3) is 115 Å². The zero-order valence-corrected chi connectivity index (χ0v) is 34.7. The highest BCUT2D eigenvalue weighted by Crippen LogP contribution is 2.51. The molecule has 0 amide bonds. The molecule has 1 aliphatic carbocycles. The Labute approximate surface area is 360 Å². The van der Waals surface area contributed by atoms with Crippen molar-refractivity contribution < 1.29 is 0 Å². The van der Waals surface area contributed by atoms with Gasteiger partial charge >= 0.3 is 0 Å². The predicted octanol–water partition coefficient (Wildman–Crippen LogP) is 16.7. The smallest absolute Gasteiger partial charge is 0.0541 e. The van der Waals surface area contributed by atoms with Gasteiger partial charge in [0.25, 0.3) is 0 Å². The van der Waals surface area contributed by atoms with E-state index in [0.717, 1.165) is 0 Å². The molecule has 1 heteroatoms. The van der Waals surface area contributed by atoms with Crippen LogP contribution in [0.1, 0.15) is 25.0 Å². The summed E-state index contributed by atoms with van der Waals surface area (Å²) >= 11 is 0. The van der Waals surface area contributed by atoms with Crippen molar-refractivity contribution in [2.45, 2.75) is 19.3 Å². The molecular formula is C61H41N. The summed E-state index contributed by atoms with van der Waals surface area (Å²) in [6.45, 7) is 4.78. The van der Waals surface area contributed by atoms with Gasteiger partial charge in [-0.1, -0.05) is 172 Å². The molecule has 1 aliphatic rings. The number of hydrogen-bond acceptors (Lipinski definition) is 0. The van der Waals surface area contributed by atoms with Crippen molar-refractivity contribution >= 4 is 64.9 Å². The molecule has 1 heterocycles. The molecule has 0 unspecified atom stereocenters. The van der Waals surface area contributed by atoms with Gasteiger partial charge in [-0.05, 0) is 153 Å². The molecule has 1 aromatic heterocycles. The second-order valence-electron chi connectivity index (χ2n) is 17.7. The molecule has 0 atom stereocenters. The Bertz CT molecular complexity index is 3650. The van der Waals surface area contributed by atoms with Crippen LogP contribution in [0.5, 0.6) is 0 Å². The summed E-state index contributed by atoms with van der Waals surface area (Å²) in [5.41, 5.74) is 16.3. The molecule has 0 spiro atoms. The van der Waals surface area contributed by atoms with Crippen LogP contribution in [0, 0.1) is 0 Å². The van der Waals surface area contributed by atoms with Gasteiger partial charge in [0, 0.05) is 21.9 Å². The van der Waals surface area contributed by atoms with Gasteiger partial charge in [-0.15, -0.1) is 0 Å². The Balaban J connectivity index is 1.05. The molecule has 290 valence electrons. The molecule has 1 nitrogen and oxygen atoms in total. The van der Waals surface area contributed by atoms with Crippen molar-refractivity contribution in [3.8, 4) is 50.2 Å². The van der Waals surface area contributed by atoms with Gasteiger partial charge < -0.3 is 4.57 Å². The maximum atomic E-state index is 2.50. The zero-order valence-electron chi connectivity index (χ0n) is 34.7. The van der Waals surface area contributed by atoms with Crippen molar-refractivity contribution in [1.29, 1.82) is 0 Å². The number of aromatic nitrogens is 1. The second-order valence-corrected chi connectivity index (χ2v) is 17.7. The minimum Gasteiger partial charge on any atom is -0.309 e. The lowest BCUT2D eigenvalue weighted by molar-refractivity contribution is 0.660. The minimum absolute atomic E-state index is 0.168. The number of hydrogen-bond donors (Lipinski definition) is 0. The quantitative estimate of drug-likeness (QED) is 0.157. The van der Waals surface area contributed by atoms with Crippen LogP contribution in [-0.2, 0) is 5.41 Å². The molecule has 62 heavy (non-hydrogen) atoms. The fourth-order valence-electron chi connectivity index (χ4n) is 10.9. The molecule has 11 aromatic carbocycles. The van der Waals surface area contributed by atoms with Crippen LogP contribution in [-0.4, -0.2) is 4.57 Å². The van der Waals surface area contributed by atoms with Crippen LogP contribution in [0.15, 0.2) is 212 Å². The maximum absolute atomic E-state index is 2.50. The van der Waals surface area contributed by atoms with Gasteiger partial charge in [0.1, 0.15) is 0 Å². The lowest BCUT2D eigenvalue weighted by Gasteiger charge is -2.23. The average Bonchev–Trinajstić information content (AvgIpc) is 3.77. The largest absolute Gasteiger partial charge is 0.309 e. The highest BCUT2D eigenvalue weighted by molar-refractivity contribution is 6.18. The van der Waals surface area contributed by atoms with Gasteiger partial charge in [-0.2, -0.15) is 0 Å². The van der Waals surface area contributed by atoms with Crippen molar-refractivity contribution in [1.82, 2.24) is 4.57 Å². The van der Waals surface area contributed by atoms with E-state index in [-0.39, 0.29) is 5.41 Å². The summed E-state index contributed by atoms with van der Waals surface area (Å²) in [5, 5.41) is 12.7. The van der Waals surface area contributed by atoms with Gasteiger partial charge in [0.2, 0.25) is 0 Å². The first-order valence-corrected chi connectivity index (χ1v) is 21.7. The topological polar surface area (TPSA) is 4.93 Å². The Morgan fingerprint density at radius 2 is 0.742 bits per heavy atom. The third-order valence-electron chi connectivity index (χ3n) is 13.9. The van der Waals surface area contributed by atoms with Crippen LogP contribution >= 0.6 is 0 Å². The molecule has 0 bridgehead atoms. The highest BCUT2D eigenvalue weighted by Gasteiger charge is 2.36. The number of nitrogens with zero attached hydrogens (tertiary/aromatic N) is 1. The normalized spacial score (nSPS) is 13.1. The molecule has 0 saturated heterocycles. The summed E-state index contributed by atoms with van der Waals surface area (Å²) in [5.74, 6) is 0. The van der Waals surface area contributed by atoms with E-state index in [4.69, 9.17) is 0 Å². The molecule has 0 aliphatic heterocycles. The molecule has 0 saturated carbocycles. The van der Waals surface area contributed by atoms with Gasteiger partial charge in [0.05, 0.1) is 11.0 Å². The SMILES string of the molecule is CC1(C)c2cc(-c3ccccc3)ccc2-c2ccc(-n3c4ccc(-c5cc6ccccc6c6ccccc56)cc4c4cc(-c5cc6ccccc6c6ccccc56)ccc43)cc21. The fraction of sp³-hybridized carbons (Fsp3) is 0.0492. The third kappa shape index (κ3) is 5.09. The summed E-state index contributed by atoms with van der Waals surface area (Å²) in [7, 11) is 0. The van der Waals surface area contributed by atoms with E-state index in [1.807, 2.05) is 0 Å². The van der Waals surface area contributed by atoms with Crippen molar-refractivity contribution in [2.24, 2.45) is 0 Å². The summed E-state index contributed by atoms with van der Waals surface area (Å²) in [6.07, 6.45) is 0. The van der Waals surface area contributed by atoms with E-state index < -0.39 is 0 Å². The lowest BCUT2D eigenvalue weighted by Crippen LogP contribution is -2.15. The Hall–Kier alpha value is -7.74. The molecule has 13 rings (SSSR count). The predicted molar refractivity (Wildman–Crippen MR) is 265 cm³/mol. The summed E-state index contributed by atoms with van der Waals surface area (Å²) < 4.78 is 2.50. The van der Waals surface area contributed by atoms with E-state index >= 15 is 0 Å². The minimum atomic E-state index is -0.168. The average molecular weight is 788 g/mol. The van der Waals surface area contributed by atoms with Crippen LogP contribution < -0.4 is 0 Å². The monoisotopic (exact) mass is 787 g/mol. The number of benzene rings is 11. The molecule has 0 N–H and O–H groups in total. The van der Waals surface area contributed by atoms with Gasteiger partial charge in [-0.3, -0.25) is 0 Å². The summed E-state index contributed by atoms with van der Waals surface area (Å²) in [4.78, 5) is 0. The van der Waals surface area contributed by atoms with Crippen LogP contribution in [0.2, 0.25) is 0 Å². The fourth-order valence-corrected chi connectivity index (χ4v) is 10.9. The first-order chi connectivity index (χ1) is 30.5. The second kappa shape index (κ2) is 13.1. The highest BCUT2D eigenvalue weighted by atomic mass is 15.0. The van der Waals surface area contributed by atoms with E-state index in [2.05, 4.69) is 231 Å². The van der Waals surface area contributed by atoms with Crippen molar-refractivity contribution in [2.75, 3.05) is 0 Å². The van der Waals surface area contributed by atoms with Gasteiger partial charge in [-0.25, -0.2) is 0 Å². The van der Waals surface area contributed by atoms with E-state index in [0.29, 0.717) is 0 Å². The van der Waals surface area contributed by atoms with Crippen LogP contribution in [0.3, 0.4) is 0 Å². The number of fused-ring (bicyclic) bond motifs is 12. The Morgan fingerprint density at radius 3 is 1.31 bits per heavy atom. The van der Waals surface area contributed by atoms with Gasteiger partial charge in [0.15, 0.2) is 0 Å². The van der Waals surface area contributed by atoms with Crippen LogP contribution in [0.4, 0.5) is 0 Å². The van der Waals surface area contributed by atoms with E-state index in [1.165, 1.54) is 126 Å². The molecule has 12 aromatic rings. The summed E-state index contributed by atoms with van der Waals surface area (Å²) in [6, 6.07) is 79.3. The maximum Gasteiger partial charge on any atom is 0.0541 e. The lowest BCUT2D eigenvalue weighted by atomic mass is 9.81. The molecule has 0 radical (unpaired) electrons. The standard InChI is InChI=1S/C61H41N/c1-61(2)57-36-39(38-14-4-3-5-15-38)24-28-51(57)52-29-27-44(37-58(52)61)62-59-30-25-42(53-32-40-16-6-8-18-45(40)47-20-10-12-22-49(47)53)34-55(59)56-35-43(26-31-60(56)62)54-33-41-17-7-9-19-46(41)48-21-11-13-23-50(48)54/h3-37H,1-2H3. The van der Waals surface area contributed by atoms with E-state index in [9.17, 15) is 0 Å². The first kappa shape index (κ1) is 35.1. The first-order valence-electron chi connectivity index (χ1n) is 21.7. The molecule has 0 fully saturated rings. The third-order valence-corrected chi connectivity index (χ3v) is 13.9. The Kier molecular flexibility index (Phi) is 7.42. The zero-order chi connectivity index (χ0) is 41.1. The van der Waals surface area contributed by atoms with Crippen molar-refractivity contribution in [3.05, 3.63) is 223 Å². The van der Waals surface area contributed by atoms with E-state index in [1.54, 1.807) is 0 Å². The molecular weight excluding hydrogens is 747 g/mol. The van der Waals surface area contributed by atoms with Crippen molar-refractivity contribution in [3.63, 3.8) is 0 Å².